The predicted molar refractivity (Wildman–Crippen MR) is 143 cm³/mol. The minimum absolute atomic E-state index is 0.000507. The van der Waals surface area contributed by atoms with Gasteiger partial charge in [0, 0.05) is 17.7 Å². The number of ether oxygens (including phenoxy) is 3. The van der Waals surface area contributed by atoms with Gasteiger partial charge in [-0.05, 0) is 75.1 Å². The smallest absolute Gasteiger partial charge is 0.344 e. The number of esters is 2. The number of methoxy groups -OCH3 is 1. The molecule has 2 aromatic rings. The van der Waals surface area contributed by atoms with Crippen molar-refractivity contribution in [3.63, 3.8) is 0 Å². The normalized spacial score (nSPS) is 14.3. The number of rotatable bonds is 9. The second kappa shape index (κ2) is 13.1. The molecule has 37 heavy (non-hydrogen) atoms. The molecule has 2 aromatic carbocycles. The fraction of sp³-hybridized carbons (Fsp3) is 0.433. The van der Waals surface area contributed by atoms with Gasteiger partial charge in [0.05, 0.1) is 13.7 Å². The van der Waals surface area contributed by atoms with E-state index < -0.39 is 17.5 Å². The van der Waals surface area contributed by atoms with Crippen LogP contribution in [-0.2, 0) is 30.4 Å². The largest absolute Gasteiger partial charge is 0.482 e. The molecule has 0 N–H and O–H groups in total. The molecule has 198 valence electrons. The summed E-state index contributed by atoms with van der Waals surface area (Å²) in [6.45, 7) is 5.65. The second-order valence-electron chi connectivity index (χ2n) is 10.2. The van der Waals surface area contributed by atoms with Gasteiger partial charge in [0.1, 0.15) is 11.4 Å². The van der Waals surface area contributed by atoms with E-state index in [0.717, 1.165) is 42.5 Å². The lowest BCUT2D eigenvalue weighted by molar-refractivity contribution is -0.157. The van der Waals surface area contributed by atoms with Gasteiger partial charge in [0.25, 0.3) is 0 Å². The van der Waals surface area contributed by atoms with Gasteiger partial charge in [-0.3, -0.25) is 4.79 Å². The Morgan fingerprint density at radius 1 is 1.00 bits per heavy atom. The average molecular weight is 508 g/mol. The summed E-state index contributed by atoms with van der Waals surface area (Å²) in [4.78, 5) is 38.9. The first-order valence-electron chi connectivity index (χ1n) is 12.8. The molecule has 1 aliphatic carbocycles. The van der Waals surface area contributed by atoms with Crippen molar-refractivity contribution in [1.29, 1.82) is 0 Å². The second-order valence-corrected chi connectivity index (χ2v) is 10.2. The minimum Gasteiger partial charge on any atom is -0.482 e. The Morgan fingerprint density at radius 2 is 1.70 bits per heavy atom. The van der Waals surface area contributed by atoms with Crippen molar-refractivity contribution < 1.29 is 28.6 Å². The fourth-order valence-electron chi connectivity index (χ4n) is 4.28. The molecule has 0 aromatic heterocycles. The Balaban J connectivity index is 1.76. The number of carbonyl (C=O) groups is 3. The van der Waals surface area contributed by atoms with Crippen LogP contribution in [0.15, 0.2) is 54.6 Å². The van der Waals surface area contributed by atoms with Crippen LogP contribution in [-0.4, -0.2) is 37.2 Å². The van der Waals surface area contributed by atoms with E-state index in [4.69, 9.17) is 9.47 Å². The minimum atomic E-state index is -0.564. The van der Waals surface area contributed by atoms with Crippen LogP contribution < -0.4 is 9.64 Å². The SMILES string of the molecule is COC(=O)/C=C/c1cccc(N(Cc2ccc(OCC(=O)OC(C)(C)C)cc2)C(=O)C2CCCCC2)c1. The van der Waals surface area contributed by atoms with E-state index >= 15 is 0 Å². The molecule has 1 saturated carbocycles. The molecule has 3 rings (SSSR count). The van der Waals surface area contributed by atoms with Gasteiger partial charge in [-0.25, -0.2) is 9.59 Å². The Bertz CT molecular complexity index is 1090. The first kappa shape index (κ1) is 28.0. The summed E-state index contributed by atoms with van der Waals surface area (Å²) in [5.74, 6) is -0.204. The maximum Gasteiger partial charge on any atom is 0.344 e. The van der Waals surface area contributed by atoms with E-state index in [2.05, 4.69) is 4.74 Å². The third-order valence-corrected chi connectivity index (χ3v) is 6.06. The molecule has 7 heteroatoms. The topological polar surface area (TPSA) is 82.1 Å². The van der Waals surface area contributed by atoms with Crippen molar-refractivity contribution >= 4 is 29.6 Å². The van der Waals surface area contributed by atoms with Crippen LogP contribution in [0, 0.1) is 5.92 Å². The summed E-state index contributed by atoms with van der Waals surface area (Å²) in [5, 5.41) is 0. The lowest BCUT2D eigenvalue weighted by atomic mass is 9.88. The van der Waals surface area contributed by atoms with Crippen LogP contribution in [0.3, 0.4) is 0 Å². The Morgan fingerprint density at radius 3 is 2.35 bits per heavy atom. The maximum atomic E-state index is 13.6. The zero-order chi connectivity index (χ0) is 26.8. The quantitative estimate of drug-likeness (QED) is 0.320. The van der Waals surface area contributed by atoms with Crippen molar-refractivity contribution in [2.24, 2.45) is 5.92 Å². The molecule has 0 heterocycles. The maximum absolute atomic E-state index is 13.6. The van der Waals surface area contributed by atoms with Crippen molar-refractivity contribution in [1.82, 2.24) is 0 Å². The first-order chi connectivity index (χ1) is 17.6. The van der Waals surface area contributed by atoms with Gasteiger partial charge in [0.2, 0.25) is 5.91 Å². The summed E-state index contributed by atoms with van der Waals surface area (Å²) in [6, 6.07) is 14.9. The molecule has 0 bridgehead atoms. The summed E-state index contributed by atoms with van der Waals surface area (Å²) in [7, 11) is 1.33. The van der Waals surface area contributed by atoms with Gasteiger partial charge < -0.3 is 19.1 Å². The van der Waals surface area contributed by atoms with Gasteiger partial charge in [-0.1, -0.05) is 43.5 Å². The highest BCUT2D eigenvalue weighted by atomic mass is 16.6. The third-order valence-electron chi connectivity index (χ3n) is 6.06. The van der Waals surface area contributed by atoms with Crippen LogP contribution in [0.5, 0.6) is 5.75 Å². The number of nitrogens with zero attached hydrogens (tertiary/aromatic N) is 1. The Hall–Kier alpha value is -3.61. The molecule has 0 saturated heterocycles. The molecule has 0 spiro atoms. The monoisotopic (exact) mass is 507 g/mol. The molecule has 0 aliphatic heterocycles. The fourth-order valence-corrected chi connectivity index (χ4v) is 4.28. The molecule has 1 aliphatic rings. The van der Waals surface area contributed by atoms with E-state index in [1.54, 1.807) is 18.2 Å². The van der Waals surface area contributed by atoms with Gasteiger partial charge in [-0.2, -0.15) is 0 Å². The van der Waals surface area contributed by atoms with Crippen LogP contribution in [0.4, 0.5) is 5.69 Å². The van der Waals surface area contributed by atoms with Crippen LogP contribution in [0.1, 0.15) is 64.0 Å². The molecular weight excluding hydrogens is 470 g/mol. The zero-order valence-electron chi connectivity index (χ0n) is 22.2. The molecule has 7 nitrogen and oxygen atoms in total. The predicted octanol–water partition coefficient (Wildman–Crippen LogP) is 5.71. The molecule has 0 atom stereocenters. The number of anilines is 1. The van der Waals surface area contributed by atoms with Crippen LogP contribution >= 0.6 is 0 Å². The van der Waals surface area contributed by atoms with E-state index in [1.165, 1.54) is 19.6 Å². The van der Waals surface area contributed by atoms with Crippen molar-refractivity contribution in [3.05, 3.63) is 65.7 Å². The van der Waals surface area contributed by atoms with Crippen molar-refractivity contribution in [2.75, 3.05) is 18.6 Å². The summed E-state index contributed by atoms with van der Waals surface area (Å²) >= 11 is 0. The van der Waals surface area contributed by atoms with Crippen LogP contribution in [0.2, 0.25) is 0 Å². The molecule has 1 fully saturated rings. The summed E-state index contributed by atoms with van der Waals surface area (Å²) in [5.41, 5.74) is 1.94. The van der Waals surface area contributed by atoms with E-state index in [1.807, 2.05) is 62.1 Å². The molecular formula is C30H37NO6. The van der Waals surface area contributed by atoms with Crippen molar-refractivity contribution in [2.45, 2.75) is 65.0 Å². The molecule has 1 amide bonds. The van der Waals surface area contributed by atoms with Gasteiger partial charge in [-0.15, -0.1) is 0 Å². The lowest BCUT2D eigenvalue weighted by Crippen LogP contribution is -2.36. The highest BCUT2D eigenvalue weighted by Crippen LogP contribution is 2.29. The average Bonchev–Trinajstić information content (AvgIpc) is 2.89. The third kappa shape index (κ3) is 9.08. The highest BCUT2D eigenvalue weighted by Gasteiger charge is 2.27. The van der Waals surface area contributed by atoms with Crippen molar-refractivity contribution in [3.8, 4) is 5.75 Å². The first-order valence-corrected chi connectivity index (χ1v) is 12.8. The number of carbonyl (C=O) groups excluding carboxylic acids is 3. The number of benzene rings is 2. The lowest BCUT2D eigenvalue weighted by Gasteiger charge is -2.30. The van der Waals surface area contributed by atoms with E-state index in [-0.39, 0.29) is 18.4 Å². The van der Waals surface area contributed by atoms with E-state index in [0.29, 0.717) is 12.3 Å². The number of hydrogen-bond acceptors (Lipinski definition) is 6. The standard InChI is InChI=1S/C30H37NO6/c1-30(2,3)37-28(33)21-36-26-16-13-23(14-17-26)20-31(29(34)24-10-6-5-7-11-24)25-12-8-9-22(19-25)15-18-27(32)35-4/h8-9,12-19,24H,5-7,10-11,20-21H2,1-4H3/b18-15+. The number of amides is 1. The molecule has 0 radical (unpaired) electrons. The molecule has 0 unspecified atom stereocenters. The van der Waals surface area contributed by atoms with Crippen LogP contribution in [0.25, 0.3) is 6.08 Å². The summed E-state index contributed by atoms with van der Waals surface area (Å²) < 4.78 is 15.5. The van der Waals surface area contributed by atoms with E-state index in [9.17, 15) is 14.4 Å². The zero-order valence-corrected chi connectivity index (χ0v) is 22.2. The van der Waals surface area contributed by atoms with Gasteiger partial charge >= 0.3 is 11.9 Å². The Labute approximate surface area is 219 Å². The van der Waals surface area contributed by atoms with Gasteiger partial charge in [0.15, 0.2) is 6.61 Å². The highest BCUT2D eigenvalue weighted by molar-refractivity contribution is 5.95. The Kier molecular flexibility index (Phi) is 9.89. The number of hydrogen-bond donors (Lipinski definition) is 0. The summed E-state index contributed by atoms with van der Waals surface area (Å²) in [6.07, 6.45) is 8.13.